The molecular weight excluding hydrogens is 211 g/mol. The first-order valence-corrected chi connectivity index (χ1v) is 5.03. The number of alkyl halides is 3. The molecule has 0 amide bonds. The maximum Gasteiger partial charge on any atom is 0.411 e. The summed E-state index contributed by atoms with van der Waals surface area (Å²) in [5.41, 5.74) is 0. The maximum absolute atomic E-state index is 11.6. The van der Waals surface area contributed by atoms with Crippen LogP contribution in [0, 0.1) is 0 Å². The summed E-state index contributed by atoms with van der Waals surface area (Å²) in [6, 6.07) is 0.322. The smallest absolute Gasteiger partial charge is 0.393 e. The molecule has 0 aromatic heterocycles. The third-order valence-electron chi connectivity index (χ3n) is 2.28. The Hall–Kier alpha value is -0.330. The van der Waals surface area contributed by atoms with E-state index in [9.17, 15) is 13.2 Å². The Morgan fingerprint density at radius 2 is 2.00 bits per heavy atom. The summed E-state index contributed by atoms with van der Waals surface area (Å²) >= 11 is 0. The molecule has 1 aliphatic carbocycles. The van der Waals surface area contributed by atoms with Crippen LogP contribution in [0.25, 0.3) is 0 Å². The fraction of sp³-hybridized carbons (Fsp3) is 1.00. The van der Waals surface area contributed by atoms with Gasteiger partial charge in [-0.25, -0.2) is 0 Å². The number of rotatable bonds is 6. The summed E-state index contributed by atoms with van der Waals surface area (Å²) in [7, 11) is 0. The van der Waals surface area contributed by atoms with Gasteiger partial charge in [0.05, 0.1) is 6.10 Å². The summed E-state index contributed by atoms with van der Waals surface area (Å²) < 4.78 is 39.3. The zero-order valence-electron chi connectivity index (χ0n) is 8.39. The van der Waals surface area contributed by atoms with Gasteiger partial charge in [-0.05, 0) is 25.8 Å². The Kier molecular flexibility index (Phi) is 4.82. The lowest BCUT2D eigenvalue weighted by atomic mass is 9.89. The fourth-order valence-electron chi connectivity index (χ4n) is 1.42. The predicted octanol–water partition coefficient (Wildman–Crippen LogP) is 1.07. The van der Waals surface area contributed by atoms with Gasteiger partial charge in [-0.15, -0.1) is 0 Å². The Morgan fingerprint density at radius 1 is 1.33 bits per heavy atom. The second-order valence-corrected chi connectivity index (χ2v) is 3.80. The molecule has 6 heteroatoms. The third kappa shape index (κ3) is 5.96. The first kappa shape index (κ1) is 12.7. The highest BCUT2D eigenvalue weighted by Crippen LogP contribution is 2.19. The van der Waals surface area contributed by atoms with E-state index in [1.165, 1.54) is 0 Å². The average Bonchev–Trinajstić information content (AvgIpc) is 2.05. The van der Waals surface area contributed by atoms with Crippen LogP contribution in [0.15, 0.2) is 0 Å². The number of ether oxygens (including phenoxy) is 1. The van der Waals surface area contributed by atoms with Crippen molar-refractivity contribution in [2.45, 2.75) is 37.6 Å². The van der Waals surface area contributed by atoms with Gasteiger partial charge in [0.2, 0.25) is 0 Å². The third-order valence-corrected chi connectivity index (χ3v) is 2.28. The van der Waals surface area contributed by atoms with Crippen LogP contribution >= 0.6 is 0 Å². The van der Waals surface area contributed by atoms with E-state index in [2.05, 4.69) is 10.1 Å². The first-order valence-electron chi connectivity index (χ1n) is 5.03. The zero-order valence-corrected chi connectivity index (χ0v) is 8.39. The summed E-state index contributed by atoms with van der Waals surface area (Å²) in [6.07, 6.45) is -2.40. The van der Waals surface area contributed by atoms with Crippen molar-refractivity contribution in [1.29, 1.82) is 0 Å². The Balaban J connectivity index is 1.81. The highest BCUT2D eigenvalue weighted by atomic mass is 19.4. The van der Waals surface area contributed by atoms with E-state index in [-0.39, 0.29) is 12.7 Å². The van der Waals surface area contributed by atoms with Gasteiger partial charge in [0.25, 0.3) is 0 Å². The Labute approximate surface area is 86.6 Å². The lowest BCUT2D eigenvalue weighted by molar-refractivity contribution is -0.174. The van der Waals surface area contributed by atoms with E-state index < -0.39 is 12.8 Å². The molecule has 0 spiro atoms. The highest BCUT2D eigenvalue weighted by Gasteiger charge is 2.27. The number of nitrogens with one attached hydrogen (secondary N) is 1. The lowest BCUT2D eigenvalue weighted by Gasteiger charge is -2.32. The number of aliphatic hydroxyl groups excluding tert-OH is 1. The minimum atomic E-state index is -4.23. The summed E-state index contributed by atoms with van der Waals surface area (Å²) in [4.78, 5) is 0. The van der Waals surface area contributed by atoms with Crippen molar-refractivity contribution in [3.63, 3.8) is 0 Å². The molecule has 90 valence electrons. The largest absolute Gasteiger partial charge is 0.411 e. The van der Waals surface area contributed by atoms with E-state index in [1.54, 1.807) is 0 Å². The Bertz CT molecular complexity index is 181. The van der Waals surface area contributed by atoms with Crippen molar-refractivity contribution >= 4 is 0 Å². The molecule has 0 aromatic rings. The standard InChI is InChI=1S/C9H16F3NO2/c10-9(11,12)6-15-3-1-2-13-7-4-8(14)5-7/h7-8,13-14H,1-6H2. The fourth-order valence-corrected chi connectivity index (χ4v) is 1.42. The molecule has 0 bridgehead atoms. The van der Waals surface area contributed by atoms with Crippen molar-refractivity contribution in [2.75, 3.05) is 19.8 Å². The highest BCUT2D eigenvalue weighted by molar-refractivity contribution is 4.84. The summed E-state index contributed by atoms with van der Waals surface area (Å²) in [5.74, 6) is 0. The van der Waals surface area contributed by atoms with E-state index >= 15 is 0 Å². The predicted molar refractivity (Wildman–Crippen MR) is 48.5 cm³/mol. The minimum absolute atomic E-state index is 0.113. The average molecular weight is 227 g/mol. The maximum atomic E-state index is 11.6. The molecule has 0 aromatic carbocycles. The number of halogens is 3. The van der Waals surface area contributed by atoms with E-state index in [4.69, 9.17) is 5.11 Å². The quantitative estimate of drug-likeness (QED) is 0.667. The minimum Gasteiger partial charge on any atom is -0.393 e. The SMILES string of the molecule is OC1CC(NCCCOCC(F)(F)F)C1. The van der Waals surface area contributed by atoms with Crippen LogP contribution in [-0.2, 0) is 4.74 Å². The van der Waals surface area contributed by atoms with Crippen LogP contribution in [0.1, 0.15) is 19.3 Å². The summed E-state index contributed by atoms with van der Waals surface area (Å²) in [5, 5.41) is 12.1. The van der Waals surface area contributed by atoms with Gasteiger partial charge >= 0.3 is 6.18 Å². The van der Waals surface area contributed by atoms with Gasteiger partial charge in [-0.1, -0.05) is 0 Å². The Morgan fingerprint density at radius 3 is 2.53 bits per heavy atom. The van der Waals surface area contributed by atoms with Crippen molar-refractivity contribution < 1.29 is 23.0 Å². The molecule has 1 aliphatic rings. The van der Waals surface area contributed by atoms with Gasteiger partial charge in [0.1, 0.15) is 6.61 Å². The van der Waals surface area contributed by atoms with Gasteiger partial charge < -0.3 is 15.2 Å². The zero-order chi connectivity index (χ0) is 11.3. The van der Waals surface area contributed by atoms with Gasteiger partial charge in [0.15, 0.2) is 0 Å². The van der Waals surface area contributed by atoms with Crippen LogP contribution < -0.4 is 5.32 Å². The molecule has 1 rings (SSSR count). The van der Waals surface area contributed by atoms with E-state index in [0.717, 1.165) is 12.8 Å². The van der Waals surface area contributed by atoms with Crippen molar-refractivity contribution in [3.8, 4) is 0 Å². The molecule has 1 fully saturated rings. The van der Waals surface area contributed by atoms with E-state index in [1.807, 2.05) is 0 Å². The number of aliphatic hydroxyl groups is 1. The molecule has 15 heavy (non-hydrogen) atoms. The van der Waals surface area contributed by atoms with Crippen LogP contribution in [0.2, 0.25) is 0 Å². The van der Waals surface area contributed by atoms with E-state index in [0.29, 0.717) is 19.0 Å². The van der Waals surface area contributed by atoms with Crippen LogP contribution in [0.3, 0.4) is 0 Å². The molecule has 0 atom stereocenters. The van der Waals surface area contributed by atoms with Gasteiger partial charge in [0, 0.05) is 12.6 Å². The van der Waals surface area contributed by atoms with Crippen LogP contribution in [0.5, 0.6) is 0 Å². The number of hydrogen-bond donors (Lipinski definition) is 2. The normalized spacial score (nSPS) is 26.4. The molecule has 2 N–H and O–H groups in total. The van der Waals surface area contributed by atoms with Gasteiger partial charge in [-0.2, -0.15) is 13.2 Å². The molecule has 0 radical (unpaired) electrons. The molecule has 1 saturated carbocycles. The second-order valence-electron chi connectivity index (χ2n) is 3.80. The van der Waals surface area contributed by atoms with Crippen molar-refractivity contribution in [1.82, 2.24) is 5.32 Å². The summed E-state index contributed by atoms with van der Waals surface area (Å²) in [6.45, 7) is -0.424. The van der Waals surface area contributed by atoms with Crippen LogP contribution in [-0.4, -0.2) is 43.2 Å². The molecule has 3 nitrogen and oxygen atoms in total. The molecule has 0 unspecified atom stereocenters. The first-order chi connectivity index (χ1) is 6.97. The van der Waals surface area contributed by atoms with Gasteiger partial charge in [-0.3, -0.25) is 0 Å². The molecule has 0 saturated heterocycles. The molecule has 0 heterocycles. The lowest BCUT2D eigenvalue weighted by Crippen LogP contribution is -2.44. The van der Waals surface area contributed by atoms with Crippen molar-refractivity contribution in [2.24, 2.45) is 0 Å². The van der Waals surface area contributed by atoms with Crippen LogP contribution in [0.4, 0.5) is 13.2 Å². The monoisotopic (exact) mass is 227 g/mol. The van der Waals surface area contributed by atoms with Crippen molar-refractivity contribution in [3.05, 3.63) is 0 Å². The molecule has 0 aliphatic heterocycles. The second kappa shape index (κ2) is 5.67. The number of hydrogen-bond acceptors (Lipinski definition) is 3. The topological polar surface area (TPSA) is 41.5 Å². The molecular formula is C9H16F3NO2.